The van der Waals surface area contributed by atoms with Crippen LogP contribution >= 0.6 is 0 Å². The minimum atomic E-state index is -0.987. The van der Waals surface area contributed by atoms with Gasteiger partial charge in [-0.1, -0.05) is 6.92 Å². The molecular weight excluding hydrogens is 258 g/mol. The van der Waals surface area contributed by atoms with Gasteiger partial charge in [0.05, 0.1) is 19.4 Å². The standard InChI is InChI=1S/C15H17NO4/c1-2-8-19-12-5-3-11(4-6-12)16-10-14-13(15(17)18)7-9-20-14/h3-7,9,16H,2,8,10H2,1H3,(H,17,18). The first-order valence-corrected chi connectivity index (χ1v) is 6.47. The highest BCUT2D eigenvalue weighted by atomic mass is 16.5. The minimum Gasteiger partial charge on any atom is -0.494 e. The Morgan fingerprint density at radius 1 is 1.30 bits per heavy atom. The molecule has 1 aromatic carbocycles. The van der Waals surface area contributed by atoms with Gasteiger partial charge in [-0.25, -0.2) is 4.79 Å². The lowest BCUT2D eigenvalue weighted by molar-refractivity contribution is 0.0694. The van der Waals surface area contributed by atoms with Crippen molar-refractivity contribution >= 4 is 11.7 Å². The lowest BCUT2D eigenvalue weighted by Gasteiger charge is -2.07. The molecule has 0 saturated heterocycles. The zero-order valence-corrected chi connectivity index (χ0v) is 11.3. The summed E-state index contributed by atoms with van der Waals surface area (Å²) in [7, 11) is 0. The van der Waals surface area contributed by atoms with E-state index >= 15 is 0 Å². The fourth-order valence-electron chi connectivity index (χ4n) is 1.74. The molecule has 0 spiro atoms. The minimum absolute atomic E-state index is 0.181. The summed E-state index contributed by atoms with van der Waals surface area (Å²) in [5.74, 6) is 0.240. The maximum Gasteiger partial charge on any atom is 0.339 e. The second kappa shape index (κ2) is 6.65. The summed E-state index contributed by atoms with van der Waals surface area (Å²) >= 11 is 0. The average Bonchev–Trinajstić information content (AvgIpc) is 2.92. The van der Waals surface area contributed by atoms with Crippen molar-refractivity contribution in [3.8, 4) is 5.75 Å². The third kappa shape index (κ3) is 3.54. The van der Waals surface area contributed by atoms with E-state index in [4.69, 9.17) is 14.3 Å². The van der Waals surface area contributed by atoms with Crippen molar-refractivity contribution in [3.05, 3.63) is 47.9 Å². The molecule has 2 rings (SSSR count). The van der Waals surface area contributed by atoms with E-state index < -0.39 is 5.97 Å². The van der Waals surface area contributed by atoms with Gasteiger partial charge in [0, 0.05) is 5.69 Å². The maximum absolute atomic E-state index is 10.9. The van der Waals surface area contributed by atoms with Crippen LogP contribution in [-0.2, 0) is 6.54 Å². The summed E-state index contributed by atoms with van der Waals surface area (Å²) in [4.78, 5) is 10.9. The second-order valence-corrected chi connectivity index (χ2v) is 4.29. The van der Waals surface area contributed by atoms with Crippen LogP contribution < -0.4 is 10.1 Å². The molecule has 0 bridgehead atoms. The molecule has 106 valence electrons. The number of carboxylic acid groups (broad SMARTS) is 1. The van der Waals surface area contributed by atoms with Gasteiger partial charge >= 0.3 is 5.97 Å². The van der Waals surface area contributed by atoms with Crippen molar-refractivity contribution in [1.29, 1.82) is 0 Å². The number of anilines is 1. The van der Waals surface area contributed by atoms with Gasteiger partial charge in [-0.3, -0.25) is 0 Å². The summed E-state index contributed by atoms with van der Waals surface area (Å²) in [5.41, 5.74) is 1.06. The van der Waals surface area contributed by atoms with Crippen LogP contribution in [0.2, 0.25) is 0 Å². The number of hydrogen-bond acceptors (Lipinski definition) is 4. The van der Waals surface area contributed by atoms with E-state index in [0.29, 0.717) is 18.9 Å². The molecule has 2 aromatic rings. The number of benzene rings is 1. The molecular formula is C15H17NO4. The van der Waals surface area contributed by atoms with E-state index in [2.05, 4.69) is 12.2 Å². The third-order valence-electron chi connectivity index (χ3n) is 2.76. The summed E-state index contributed by atoms with van der Waals surface area (Å²) in [6.07, 6.45) is 2.35. The van der Waals surface area contributed by atoms with E-state index in [1.807, 2.05) is 24.3 Å². The fraction of sp³-hybridized carbons (Fsp3) is 0.267. The first kappa shape index (κ1) is 14.0. The normalized spacial score (nSPS) is 10.2. The molecule has 5 nitrogen and oxygen atoms in total. The van der Waals surface area contributed by atoms with Crippen LogP contribution in [0.3, 0.4) is 0 Å². The van der Waals surface area contributed by atoms with Gasteiger partial charge < -0.3 is 19.6 Å². The molecule has 0 amide bonds. The summed E-state index contributed by atoms with van der Waals surface area (Å²) in [6, 6.07) is 8.96. The number of carbonyl (C=O) groups is 1. The van der Waals surface area contributed by atoms with Crippen molar-refractivity contribution in [2.45, 2.75) is 19.9 Å². The molecule has 20 heavy (non-hydrogen) atoms. The number of ether oxygens (including phenoxy) is 1. The quantitative estimate of drug-likeness (QED) is 0.810. The predicted octanol–water partition coefficient (Wildman–Crippen LogP) is 3.38. The summed E-state index contributed by atoms with van der Waals surface area (Å²) in [6.45, 7) is 3.07. The van der Waals surface area contributed by atoms with E-state index in [1.54, 1.807) is 0 Å². The Labute approximate surface area is 117 Å². The number of furan rings is 1. The molecule has 0 unspecified atom stereocenters. The van der Waals surface area contributed by atoms with Gasteiger partial charge in [0.2, 0.25) is 0 Å². The molecule has 0 radical (unpaired) electrons. The number of carboxylic acids is 1. The molecule has 0 aliphatic carbocycles. The average molecular weight is 275 g/mol. The first-order valence-electron chi connectivity index (χ1n) is 6.47. The fourth-order valence-corrected chi connectivity index (χ4v) is 1.74. The van der Waals surface area contributed by atoms with Gasteiger partial charge in [0.1, 0.15) is 17.1 Å². The van der Waals surface area contributed by atoms with Crippen molar-refractivity contribution < 1.29 is 19.1 Å². The van der Waals surface area contributed by atoms with Crippen molar-refractivity contribution in [2.24, 2.45) is 0 Å². The smallest absolute Gasteiger partial charge is 0.339 e. The monoisotopic (exact) mass is 275 g/mol. The van der Waals surface area contributed by atoms with E-state index in [-0.39, 0.29) is 5.56 Å². The Hall–Kier alpha value is -2.43. The van der Waals surface area contributed by atoms with E-state index in [1.165, 1.54) is 12.3 Å². The van der Waals surface area contributed by atoms with Crippen LogP contribution in [-0.4, -0.2) is 17.7 Å². The molecule has 1 aromatic heterocycles. The Morgan fingerprint density at radius 3 is 2.70 bits per heavy atom. The maximum atomic E-state index is 10.9. The van der Waals surface area contributed by atoms with Crippen LogP contribution in [0.4, 0.5) is 5.69 Å². The van der Waals surface area contributed by atoms with Gasteiger partial charge in [0.15, 0.2) is 0 Å². The third-order valence-corrected chi connectivity index (χ3v) is 2.76. The van der Waals surface area contributed by atoms with Gasteiger partial charge in [-0.05, 0) is 36.8 Å². The zero-order chi connectivity index (χ0) is 14.4. The second-order valence-electron chi connectivity index (χ2n) is 4.29. The van der Waals surface area contributed by atoms with Crippen LogP contribution in [0.15, 0.2) is 41.0 Å². The molecule has 0 fully saturated rings. The highest BCUT2D eigenvalue weighted by Crippen LogP contribution is 2.18. The Bertz CT molecular complexity index is 560. The number of hydrogen-bond donors (Lipinski definition) is 2. The molecule has 0 aliphatic heterocycles. The molecule has 5 heteroatoms. The molecule has 0 aliphatic rings. The van der Waals surface area contributed by atoms with Gasteiger partial charge in [-0.2, -0.15) is 0 Å². The number of aromatic carboxylic acids is 1. The topological polar surface area (TPSA) is 71.7 Å². The highest BCUT2D eigenvalue weighted by Gasteiger charge is 2.12. The molecule has 0 atom stereocenters. The van der Waals surface area contributed by atoms with Crippen LogP contribution in [0.25, 0.3) is 0 Å². The Morgan fingerprint density at radius 2 is 2.05 bits per heavy atom. The Balaban J connectivity index is 1.93. The molecule has 1 heterocycles. The largest absolute Gasteiger partial charge is 0.494 e. The number of rotatable bonds is 7. The van der Waals surface area contributed by atoms with Crippen LogP contribution in [0, 0.1) is 0 Å². The SMILES string of the molecule is CCCOc1ccc(NCc2occc2C(=O)O)cc1. The van der Waals surface area contributed by atoms with Crippen molar-refractivity contribution in [3.63, 3.8) is 0 Å². The zero-order valence-electron chi connectivity index (χ0n) is 11.3. The van der Waals surface area contributed by atoms with Crippen molar-refractivity contribution in [2.75, 3.05) is 11.9 Å². The van der Waals surface area contributed by atoms with Gasteiger partial charge in [-0.15, -0.1) is 0 Å². The van der Waals surface area contributed by atoms with Crippen LogP contribution in [0.5, 0.6) is 5.75 Å². The number of nitrogens with one attached hydrogen (secondary N) is 1. The molecule has 2 N–H and O–H groups in total. The first-order chi connectivity index (χ1) is 9.70. The summed E-state index contributed by atoms with van der Waals surface area (Å²) in [5, 5.41) is 12.1. The highest BCUT2D eigenvalue weighted by molar-refractivity contribution is 5.88. The lowest BCUT2D eigenvalue weighted by atomic mass is 10.2. The van der Waals surface area contributed by atoms with Crippen LogP contribution in [0.1, 0.15) is 29.5 Å². The Kier molecular flexibility index (Phi) is 4.65. The molecule has 0 saturated carbocycles. The predicted molar refractivity (Wildman–Crippen MR) is 75.2 cm³/mol. The summed E-state index contributed by atoms with van der Waals surface area (Å²) < 4.78 is 10.6. The van der Waals surface area contributed by atoms with E-state index in [9.17, 15) is 4.79 Å². The lowest BCUT2D eigenvalue weighted by Crippen LogP contribution is -2.04. The van der Waals surface area contributed by atoms with Crippen molar-refractivity contribution in [1.82, 2.24) is 0 Å². The van der Waals surface area contributed by atoms with Gasteiger partial charge in [0.25, 0.3) is 0 Å². The van der Waals surface area contributed by atoms with E-state index in [0.717, 1.165) is 17.9 Å².